The lowest BCUT2D eigenvalue weighted by atomic mass is 9.88. The summed E-state index contributed by atoms with van der Waals surface area (Å²) in [6, 6.07) is 8.18. The van der Waals surface area contributed by atoms with Crippen LogP contribution in [0.5, 0.6) is 5.75 Å². The largest absolute Gasteiger partial charge is 0.495 e. The Morgan fingerprint density at radius 2 is 2.00 bits per heavy atom. The highest BCUT2D eigenvalue weighted by atomic mass is 19.1. The number of halogens is 1. The molecule has 0 amide bonds. The standard InChI is InChI=1S/C30H33FN6O3/c1-17-28(36(4)35-34-17)20-15-23-21(14-22(20)31)26-24(13-19(16-33-26)30(2,3)38)37(23)29(18-8-11-40-12-9-18)27-25(39-5)7-6-10-32-27/h6-7,10,13-16,18,29,38H,8-9,11-12H2,1-5H3/i1D3. The van der Waals surface area contributed by atoms with E-state index in [0.29, 0.717) is 52.2 Å². The van der Waals surface area contributed by atoms with Crippen LogP contribution in [0, 0.1) is 18.6 Å². The van der Waals surface area contributed by atoms with Gasteiger partial charge in [0.25, 0.3) is 0 Å². The van der Waals surface area contributed by atoms with Gasteiger partial charge in [-0.15, -0.1) is 5.10 Å². The molecule has 5 aromatic rings. The molecule has 0 saturated carbocycles. The molecule has 1 aliphatic rings. The summed E-state index contributed by atoms with van der Waals surface area (Å²) in [5, 5.41) is 19.2. The normalized spacial score (nSPS) is 17.1. The Labute approximate surface area is 235 Å². The Kier molecular flexibility index (Phi) is 5.68. The molecule has 208 valence electrons. The smallest absolute Gasteiger partial charge is 0.142 e. The number of fused-ring (bicyclic) bond motifs is 3. The first kappa shape index (κ1) is 22.9. The van der Waals surface area contributed by atoms with E-state index in [4.69, 9.17) is 23.6 Å². The third-order valence-corrected chi connectivity index (χ3v) is 7.81. The number of hydrogen-bond acceptors (Lipinski definition) is 7. The number of pyridine rings is 2. The number of aliphatic hydroxyl groups is 1. The zero-order valence-corrected chi connectivity index (χ0v) is 22.8. The molecule has 1 saturated heterocycles. The molecule has 6 rings (SSSR count). The van der Waals surface area contributed by atoms with Gasteiger partial charge >= 0.3 is 0 Å². The molecule has 1 atom stereocenters. The molecule has 1 fully saturated rings. The van der Waals surface area contributed by atoms with Gasteiger partial charge < -0.3 is 19.1 Å². The molecule has 0 spiro atoms. The Bertz CT molecular complexity index is 1820. The number of nitrogens with zero attached hydrogens (tertiary/aromatic N) is 6. The van der Waals surface area contributed by atoms with Crippen LogP contribution in [0.15, 0.2) is 42.7 Å². The number of methoxy groups -OCH3 is 1. The van der Waals surface area contributed by atoms with Crippen molar-refractivity contribution in [2.45, 2.75) is 45.2 Å². The van der Waals surface area contributed by atoms with Crippen LogP contribution < -0.4 is 4.74 Å². The molecule has 4 aromatic heterocycles. The van der Waals surface area contributed by atoms with E-state index in [1.54, 1.807) is 39.4 Å². The second-order valence-electron chi connectivity index (χ2n) is 10.8. The number of aromatic nitrogens is 6. The van der Waals surface area contributed by atoms with Crippen LogP contribution in [-0.4, -0.2) is 55.0 Å². The Morgan fingerprint density at radius 1 is 1.20 bits per heavy atom. The van der Waals surface area contributed by atoms with Crippen molar-refractivity contribution in [2.75, 3.05) is 20.3 Å². The molecular weight excluding hydrogens is 511 g/mol. The quantitative estimate of drug-likeness (QED) is 0.316. The van der Waals surface area contributed by atoms with Gasteiger partial charge in [0.1, 0.15) is 17.3 Å². The van der Waals surface area contributed by atoms with Crippen LogP contribution in [0.2, 0.25) is 0 Å². The van der Waals surface area contributed by atoms with E-state index in [1.807, 2.05) is 18.2 Å². The van der Waals surface area contributed by atoms with Gasteiger partial charge in [-0.3, -0.25) is 9.97 Å². The molecule has 1 N–H and O–H groups in total. The molecule has 0 aliphatic carbocycles. The maximum Gasteiger partial charge on any atom is 0.142 e. The fourth-order valence-corrected chi connectivity index (χ4v) is 5.79. The maximum absolute atomic E-state index is 16.1. The molecular formula is C30H33FN6O3. The highest BCUT2D eigenvalue weighted by Gasteiger charge is 2.34. The zero-order valence-electron chi connectivity index (χ0n) is 25.8. The third kappa shape index (κ3) is 4.31. The summed E-state index contributed by atoms with van der Waals surface area (Å²) >= 11 is 0. The van der Waals surface area contributed by atoms with E-state index in [9.17, 15) is 5.11 Å². The molecule has 40 heavy (non-hydrogen) atoms. The first-order valence-electron chi connectivity index (χ1n) is 14.7. The van der Waals surface area contributed by atoms with Crippen molar-refractivity contribution in [3.8, 4) is 17.0 Å². The lowest BCUT2D eigenvalue weighted by molar-refractivity contribution is 0.0544. The van der Waals surface area contributed by atoms with Crippen molar-refractivity contribution >= 4 is 21.9 Å². The fourth-order valence-electron chi connectivity index (χ4n) is 5.79. The number of rotatable bonds is 6. The summed E-state index contributed by atoms with van der Waals surface area (Å²) in [6.45, 7) is 1.91. The van der Waals surface area contributed by atoms with Gasteiger partial charge in [-0.2, -0.15) is 0 Å². The summed E-state index contributed by atoms with van der Waals surface area (Å²) in [6.07, 6.45) is 4.80. The average Bonchev–Trinajstić information content (AvgIpc) is 3.50. The van der Waals surface area contributed by atoms with Crippen molar-refractivity contribution in [1.82, 2.24) is 29.5 Å². The number of aryl methyl sites for hydroxylation is 2. The zero-order chi connectivity index (χ0) is 30.7. The van der Waals surface area contributed by atoms with E-state index in [2.05, 4.69) is 14.9 Å². The van der Waals surface area contributed by atoms with Gasteiger partial charge in [-0.1, -0.05) is 5.21 Å². The average molecular weight is 548 g/mol. The maximum atomic E-state index is 16.1. The topological polar surface area (TPSA) is 100 Å². The minimum Gasteiger partial charge on any atom is -0.495 e. The SMILES string of the molecule is [2H]C([2H])([2H])c1nnn(C)c1-c1cc2c(cc1F)c1ncc(C(C)(C)O)cc1n2C(c1ncccc1OC)C1CCOCC1. The minimum absolute atomic E-state index is 0.0524. The lowest BCUT2D eigenvalue weighted by Gasteiger charge is -2.33. The van der Waals surface area contributed by atoms with Crippen molar-refractivity contribution in [1.29, 1.82) is 0 Å². The molecule has 1 unspecified atom stereocenters. The van der Waals surface area contributed by atoms with Crippen molar-refractivity contribution < 1.29 is 23.1 Å². The lowest BCUT2D eigenvalue weighted by Crippen LogP contribution is -2.28. The minimum atomic E-state index is -2.60. The van der Waals surface area contributed by atoms with Gasteiger partial charge in [-0.05, 0) is 69.8 Å². The first-order chi connectivity index (χ1) is 20.4. The van der Waals surface area contributed by atoms with Crippen LogP contribution >= 0.6 is 0 Å². The molecule has 0 radical (unpaired) electrons. The van der Waals surface area contributed by atoms with Gasteiger partial charge in [-0.25, -0.2) is 9.07 Å². The van der Waals surface area contributed by atoms with Gasteiger partial charge in [0.15, 0.2) is 0 Å². The molecule has 0 bridgehead atoms. The fraction of sp³-hybridized carbons (Fsp3) is 0.400. The predicted octanol–water partition coefficient (Wildman–Crippen LogP) is 5.08. The summed E-state index contributed by atoms with van der Waals surface area (Å²) in [4.78, 5) is 9.51. The van der Waals surface area contributed by atoms with Gasteiger partial charge in [0.2, 0.25) is 0 Å². The number of benzene rings is 1. The second kappa shape index (κ2) is 9.94. The van der Waals surface area contributed by atoms with E-state index in [0.717, 1.165) is 12.8 Å². The van der Waals surface area contributed by atoms with Crippen LogP contribution in [-0.2, 0) is 17.4 Å². The number of ether oxygens (including phenoxy) is 2. The summed E-state index contributed by atoms with van der Waals surface area (Å²) in [5.74, 6) is 0.0317. The van der Waals surface area contributed by atoms with Crippen LogP contribution in [0.4, 0.5) is 4.39 Å². The molecule has 10 heteroatoms. The number of hydrogen-bond donors (Lipinski definition) is 1. The van der Waals surface area contributed by atoms with Gasteiger partial charge in [0, 0.05) is 53.3 Å². The van der Waals surface area contributed by atoms with Crippen LogP contribution in [0.3, 0.4) is 0 Å². The summed E-state index contributed by atoms with van der Waals surface area (Å²) in [7, 11) is 3.14. The Hall–Kier alpha value is -3.89. The Balaban J connectivity index is 1.74. The monoisotopic (exact) mass is 547 g/mol. The summed E-state index contributed by atoms with van der Waals surface area (Å²) < 4.78 is 54.9. The summed E-state index contributed by atoms with van der Waals surface area (Å²) in [5.41, 5.74) is 1.76. The highest BCUT2D eigenvalue weighted by molar-refractivity contribution is 6.07. The van der Waals surface area contributed by atoms with Crippen LogP contribution in [0.1, 0.15) is 53.8 Å². The van der Waals surface area contributed by atoms with Crippen molar-refractivity contribution in [3.63, 3.8) is 0 Å². The van der Waals surface area contributed by atoms with E-state index < -0.39 is 18.3 Å². The Morgan fingerprint density at radius 3 is 2.73 bits per heavy atom. The van der Waals surface area contributed by atoms with Crippen molar-refractivity contribution in [3.05, 3.63) is 65.5 Å². The highest BCUT2D eigenvalue weighted by Crippen LogP contribution is 2.44. The van der Waals surface area contributed by atoms with E-state index in [-0.39, 0.29) is 28.9 Å². The predicted molar refractivity (Wildman–Crippen MR) is 150 cm³/mol. The molecule has 1 aliphatic heterocycles. The molecule has 9 nitrogen and oxygen atoms in total. The van der Waals surface area contributed by atoms with Crippen LogP contribution in [0.25, 0.3) is 33.2 Å². The third-order valence-electron chi connectivity index (χ3n) is 7.81. The van der Waals surface area contributed by atoms with E-state index in [1.165, 1.54) is 17.8 Å². The molecule has 5 heterocycles. The van der Waals surface area contributed by atoms with Crippen molar-refractivity contribution in [2.24, 2.45) is 13.0 Å². The van der Waals surface area contributed by atoms with E-state index >= 15 is 4.39 Å². The molecule has 1 aromatic carbocycles. The van der Waals surface area contributed by atoms with Gasteiger partial charge in [0.05, 0.1) is 46.7 Å². The second-order valence-corrected chi connectivity index (χ2v) is 10.8. The first-order valence-corrected chi connectivity index (χ1v) is 13.2.